The van der Waals surface area contributed by atoms with Crippen molar-refractivity contribution in [2.45, 2.75) is 51.0 Å². The van der Waals surface area contributed by atoms with Crippen LogP contribution in [0.2, 0.25) is 0 Å². The summed E-state index contributed by atoms with van der Waals surface area (Å²) < 4.78 is 39.6. The Kier molecular flexibility index (Phi) is 12.6. The van der Waals surface area contributed by atoms with Gasteiger partial charge in [0.25, 0.3) is 0 Å². The van der Waals surface area contributed by atoms with Crippen LogP contribution in [-0.4, -0.2) is 137 Å². The third kappa shape index (κ3) is 9.36. The first-order chi connectivity index (χ1) is 32.0. The van der Waals surface area contributed by atoms with Gasteiger partial charge in [-0.05, 0) is 26.0 Å². The molecular formula is C44H44F2N14O6. The van der Waals surface area contributed by atoms with Gasteiger partial charge in [-0.3, -0.25) is 0 Å². The van der Waals surface area contributed by atoms with E-state index in [0.29, 0.717) is 85.5 Å². The number of aromatic nitrogens is 10. The number of fused-ring (bicyclic) bond motifs is 2. The predicted octanol–water partition coefficient (Wildman–Crippen LogP) is 3.76. The number of ether oxygens (including phenoxy) is 2. The lowest BCUT2D eigenvalue weighted by Gasteiger charge is -2.37. The third-order valence-corrected chi connectivity index (χ3v) is 11.8. The van der Waals surface area contributed by atoms with Crippen LogP contribution in [0.25, 0.3) is 23.3 Å². The van der Waals surface area contributed by atoms with E-state index in [2.05, 4.69) is 49.8 Å². The number of carboxylic acids is 2. The molecule has 0 aliphatic carbocycles. The van der Waals surface area contributed by atoms with Gasteiger partial charge in [0.15, 0.2) is 35.5 Å². The smallest absolute Gasteiger partial charge is 0.334 e. The van der Waals surface area contributed by atoms with Gasteiger partial charge in [-0.15, -0.1) is 0 Å². The number of pyridine rings is 2. The average molecular weight is 903 g/mol. The molecule has 2 fully saturated rings. The van der Waals surface area contributed by atoms with Gasteiger partial charge in [-0.2, -0.15) is 4.39 Å². The fourth-order valence-corrected chi connectivity index (χ4v) is 8.42. The third-order valence-electron chi connectivity index (χ3n) is 11.8. The molecule has 66 heavy (non-hydrogen) atoms. The minimum absolute atomic E-state index is 0.113. The van der Waals surface area contributed by atoms with Gasteiger partial charge in [0.05, 0.1) is 49.8 Å². The van der Waals surface area contributed by atoms with Gasteiger partial charge in [-0.1, -0.05) is 0 Å². The lowest BCUT2D eigenvalue weighted by Crippen LogP contribution is -2.46. The molecule has 4 aliphatic heterocycles. The molecule has 4 unspecified atom stereocenters. The second-order valence-electron chi connectivity index (χ2n) is 15.9. The summed E-state index contributed by atoms with van der Waals surface area (Å²) in [5, 5.41) is 18.5. The standard InChI is InChI=1S/2C22H22FN7O3/c1-13-15-11-26-21(20-24-4-2-5-25-20)27-16(15)3-6-30(13)19-10-14(9-18(23)28-19)29-7-8-33-17(12-29)22(31)32;1-13-15-11-26-21(20-24-4-2-5-25-20)27-16(15)3-6-30(13)19-10-14(23)9-18(28-19)29-7-8-33-17(12-29)22(31)32/h2*2,4-5,9-11,13,17H,3,6-8,12H2,1H3,(H,31,32). The Morgan fingerprint density at radius 2 is 1.08 bits per heavy atom. The fourth-order valence-electron chi connectivity index (χ4n) is 8.42. The van der Waals surface area contributed by atoms with E-state index in [1.54, 1.807) is 60.3 Å². The molecule has 6 aromatic heterocycles. The molecule has 4 aliphatic rings. The van der Waals surface area contributed by atoms with Crippen LogP contribution in [0.4, 0.5) is 31.9 Å². The van der Waals surface area contributed by atoms with Crippen LogP contribution in [0, 0.1) is 11.8 Å². The summed E-state index contributed by atoms with van der Waals surface area (Å²) in [6.07, 6.45) is 9.49. The van der Waals surface area contributed by atoms with E-state index < -0.39 is 35.9 Å². The first kappa shape index (κ1) is 43.8. The highest BCUT2D eigenvalue weighted by molar-refractivity contribution is 5.74. The molecule has 0 radical (unpaired) electrons. The zero-order valence-electron chi connectivity index (χ0n) is 35.9. The predicted molar refractivity (Wildman–Crippen MR) is 233 cm³/mol. The SMILES string of the molecule is CC1c2cnc(-c3ncccn3)nc2CCN1c1cc(F)cc(N2CCOC(C(=O)O)C2)n1.CC1c2cnc(-c3ncccn3)nc2CCN1c1cc(N2CCOC(C(=O)O)C2)cc(F)n1. The molecule has 10 heterocycles. The number of aliphatic carboxylic acids is 2. The normalized spacial score (nSPS) is 20.4. The Labute approximate surface area is 376 Å². The largest absolute Gasteiger partial charge is 0.479 e. The monoisotopic (exact) mass is 902 g/mol. The first-order valence-electron chi connectivity index (χ1n) is 21.3. The van der Waals surface area contributed by atoms with Crippen LogP contribution >= 0.6 is 0 Å². The Bertz CT molecular complexity index is 2540. The summed E-state index contributed by atoms with van der Waals surface area (Å²) >= 11 is 0. The molecular weight excluding hydrogens is 859 g/mol. The molecule has 0 bridgehead atoms. The van der Waals surface area contributed by atoms with Gasteiger partial charge >= 0.3 is 11.9 Å². The number of hydrogen-bond donors (Lipinski definition) is 2. The van der Waals surface area contributed by atoms with Crippen LogP contribution in [-0.2, 0) is 31.9 Å². The van der Waals surface area contributed by atoms with Crippen LogP contribution in [0.1, 0.15) is 48.4 Å². The lowest BCUT2D eigenvalue weighted by molar-refractivity contribution is -0.151. The Morgan fingerprint density at radius 1 is 0.591 bits per heavy atom. The number of carboxylic acid groups (broad SMARTS) is 2. The lowest BCUT2D eigenvalue weighted by atomic mass is 9.99. The van der Waals surface area contributed by atoms with Crippen LogP contribution < -0.4 is 19.6 Å². The van der Waals surface area contributed by atoms with E-state index >= 15 is 0 Å². The van der Waals surface area contributed by atoms with E-state index in [9.17, 15) is 28.6 Å². The van der Waals surface area contributed by atoms with Crippen molar-refractivity contribution in [2.75, 3.05) is 72.1 Å². The fraction of sp³-hybridized carbons (Fsp3) is 0.364. The Balaban J connectivity index is 0.000000166. The second kappa shape index (κ2) is 18.9. The number of hydrogen-bond acceptors (Lipinski definition) is 18. The summed E-state index contributed by atoms with van der Waals surface area (Å²) in [5.41, 5.74) is 4.27. The van der Waals surface area contributed by atoms with Crippen LogP contribution in [0.3, 0.4) is 0 Å². The van der Waals surface area contributed by atoms with Crippen molar-refractivity contribution in [3.8, 4) is 23.3 Å². The number of nitrogens with zero attached hydrogens (tertiary/aromatic N) is 14. The maximum atomic E-state index is 14.6. The van der Waals surface area contributed by atoms with Crippen molar-refractivity contribution in [3.63, 3.8) is 0 Å². The summed E-state index contributed by atoms with van der Waals surface area (Å²) in [4.78, 5) is 74.0. The minimum Gasteiger partial charge on any atom is -0.479 e. The number of carbonyl (C=O) groups is 2. The van der Waals surface area contributed by atoms with E-state index in [4.69, 9.17) is 9.47 Å². The highest BCUT2D eigenvalue weighted by Gasteiger charge is 2.32. The van der Waals surface area contributed by atoms with E-state index in [0.717, 1.165) is 22.5 Å². The van der Waals surface area contributed by atoms with Crippen molar-refractivity contribution < 1.29 is 38.1 Å². The molecule has 0 spiro atoms. The van der Waals surface area contributed by atoms with Crippen molar-refractivity contribution in [1.29, 1.82) is 0 Å². The topological polar surface area (TPSA) is 235 Å². The molecule has 2 saturated heterocycles. The number of rotatable bonds is 8. The summed E-state index contributed by atoms with van der Waals surface area (Å²) in [6, 6.07) is 9.06. The maximum Gasteiger partial charge on any atom is 0.334 e. The molecule has 0 amide bonds. The minimum atomic E-state index is -1.04. The zero-order chi connectivity index (χ0) is 45.9. The molecule has 0 aromatic carbocycles. The highest BCUT2D eigenvalue weighted by atomic mass is 19.1. The van der Waals surface area contributed by atoms with Crippen molar-refractivity contribution >= 4 is 35.1 Å². The van der Waals surface area contributed by atoms with Crippen LogP contribution in [0.5, 0.6) is 0 Å². The summed E-state index contributed by atoms with van der Waals surface area (Å²) in [7, 11) is 0. The molecule has 4 atom stereocenters. The van der Waals surface area contributed by atoms with Gasteiger partial charge < -0.3 is 39.3 Å². The summed E-state index contributed by atoms with van der Waals surface area (Å²) in [5.74, 6) is 0.121. The van der Waals surface area contributed by atoms with Gasteiger partial charge in [0.1, 0.15) is 23.3 Å². The first-order valence-corrected chi connectivity index (χ1v) is 21.3. The van der Waals surface area contributed by atoms with Gasteiger partial charge in [0, 0.05) is 117 Å². The van der Waals surface area contributed by atoms with E-state index in [1.165, 1.54) is 18.2 Å². The van der Waals surface area contributed by atoms with Crippen molar-refractivity contribution in [1.82, 2.24) is 49.8 Å². The molecule has 340 valence electrons. The van der Waals surface area contributed by atoms with E-state index in [-0.39, 0.29) is 38.4 Å². The molecule has 20 nitrogen and oxygen atoms in total. The molecule has 22 heteroatoms. The highest BCUT2D eigenvalue weighted by Crippen LogP contribution is 2.36. The number of halogens is 2. The molecule has 2 N–H and O–H groups in total. The number of morpholine rings is 2. The maximum absolute atomic E-state index is 14.6. The van der Waals surface area contributed by atoms with Crippen molar-refractivity contribution in [3.05, 3.63) is 108 Å². The molecule has 6 aromatic rings. The van der Waals surface area contributed by atoms with Crippen LogP contribution in [0.15, 0.2) is 73.6 Å². The zero-order valence-corrected chi connectivity index (χ0v) is 35.9. The van der Waals surface area contributed by atoms with Gasteiger partial charge in [-0.25, -0.2) is 63.8 Å². The van der Waals surface area contributed by atoms with Crippen molar-refractivity contribution in [2.24, 2.45) is 0 Å². The Morgan fingerprint density at radius 3 is 1.61 bits per heavy atom. The second-order valence-corrected chi connectivity index (χ2v) is 15.9. The quantitative estimate of drug-likeness (QED) is 0.207. The van der Waals surface area contributed by atoms with E-state index in [1.807, 2.05) is 28.5 Å². The molecule has 0 saturated carbocycles. The summed E-state index contributed by atoms with van der Waals surface area (Å²) in [6.45, 7) is 6.87. The average Bonchev–Trinajstić information content (AvgIpc) is 3.34. The van der Waals surface area contributed by atoms with Gasteiger partial charge in [0.2, 0.25) is 5.95 Å². The number of anilines is 4. The molecule has 10 rings (SSSR count). The Hall–Kier alpha value is -7.46.